The average Bonchev–Trinajstić information content (AvgIpc) is 2.31. The number of benzene rings is 1. The quantitative estimate of drug-likeness (QED) is 0.914. The molecule has 4 heteroatoms. The molecule has 1 aromatic rings. The van der Waals surface area contributed by atoms with E-state index >= 15 is 0 Å². The van der Waals surface area contributed by atoms with Crippen molar-refractivity contribution in [1.82, 2.24) is 0 Å². The lowest BCUT2D eigenvalue weighted by Crippen LogP contribution is -2.48. The third-order valence-corrected chi connectivity index (χ3v) is 4.36. The van der Waals surface area contributed by atoms with Gasteiger partial charge in [-0.1, -0.05) is 11.6 Å². The zero-order chi connectivity index (χ0) is 13.3. The van der Waals surface area contributed by atoms with Gasteiger partial charge in [-0.3, -0.25) is 0 Å². The molecule has 1 aliphatic rings. The molecule has 0 saturated carbocycles. The van der Waals surface area contributed by atoms with E-state index in [0.717, 1.165) is 33.9 Å². The second kappa shape index (κ2) is 5.08. The summed E-state index contributed by atoms with van der Waals surface area (Å²) in [6.07, 6.45) is 0.892. The lowest BCUT2D eigenvalue weighted by molar-refractivity contribution is -0.0643. The van der Waals surface area contributed by atoms with Crippen LogP contribution in [-0.4, -0.2) is 26.9 Å². The third kappa shape index (κ3) is 2.00. The Hall–Kier alpha value is -0.770. The number of hydrogen-bond donors (Lipinski definition) is 1. The van der Waals surface area contributed by atoms with E-state index in [1.54, 1.807) is 7.11 Å². The van der Waals surface area contributed by atoms with E-state index in [4.69, 9.17) is 26.8 Å². The lowest BCUT2D eigenvalue weighted by atomic mass is 9.73. The summed E-state index contributed by atoms with van der Waals surface area (Å²) >= 11 is 6.37. The number of halogens is 1. The fourth-order valence-corrected chi connectivity index (χ4v) is 2.93. The van der Waals surface area contributed by atoms with Gasteiger partial charge in [-0.15, -0.1) is 0 Å². The molecule has 2 rings (SSSR count). The SMILES string of the molecule is COc1cc(C)c(Cl)c(C)c1C1(CCN)COC1. The van der Waals surface area contributed by atoms with Crippen LogP contribution in [0.1, 0.15) is 23.1 Å². The minimum absolute atomic E-state index is 0.0263. The van der Waals surface area contributed by atoms with E-state index in [0.29, 0.717) is 19.8 Å². The summed E-state index contributed by atoms with van der Waals surface area (Å²) in [4.78, 5) is 0. The van der Waals surface area contributed by atoms with Crippen LogP contribution in [0.3, 0.4) is 0 Å². The molecule has 0 amide bonds. The number of nitrogens with two attached hydrogens (primary N) is 1. The summed E-state index contributed by atoms with van der Waals surface area (Å²) in [6.45, 7) is 6.07. The van der Waals surface area contributed by atoms with Gasteiger partial charge in [0, 0.05) is 16.0 Å². The highest BCUT2D eigenvalue weighted by molar-refractivity contribution is 6.32. The van der Waals surface area contributed by atoms with E-state index < -0.39 is 0 Å². The van der Waals surface area contributed by atoms with Gasteiger partial charge in [0.15, 0.2) is 0 Å². The van der Waals surface area contributed by atoms with Crippen LogP contribution >= 0.6 is 11.6 Å². The standard InChI is InChI=1S/C14H20ClNO2/c1-9-6-11(17-3)12(10(2)13(9)15)14(4-5-16)7-18-8-14/h6H,4-5,7-8,16H2,1-3H3. The predicted octanol–water partition coefficient (Wildman–Crippen LogP) is 2.58. The Bertz CT molecular complexity index is 456. The molecular formula is C14H20ClNO2. The molecule has 0 radical (unpaired) electrons. The zero-order valence-corrected chi connectivity index (χ0v) is 11.9. The minimum Gasteiger partial charge on any atom is -0.496 e. The van der Waals surface area contributed by atoms with E-state index in [2.05, 4.69) is 0 Å². The molecule has 100 valence electrons. The lowest BCUT2D eigenvalue weighted by Gasteiger charge is -2.43. The van der Waals surface area contributed by atoms with E-state index in [1.165, 1.54) is 0 Å². The van der Waals surface area contributed by atoms with Gasteiger partial charge in [0.05, 0.1) is 20.3 Å². The van der Waals surface area contributed by atoms with Crippen LogP contribution in [0.2, 0.25) is 5.02 Å². The predicted molar refractivity (Wildman–Crippen MR) is 73.6 cm³/mol. The minimum atomic E-state index is -0.0263. The van der Waals surface area contributed by atoms with Crippen molar-refractivity contribution in [2.75, 3.05) is 26.9 Å². The van der Waals surface area contributed by atoms with Gasteiger partial charge in [-0.05, 0) is 44.0 Å². The van der Waals surface area contributed by atoms with Gasteiger partial charge < -0.3 is 15.2 Å². The van der Waals surface area contributed by atoms with Gasteiger partial charge in [0.25, 0.3) is 0 Å². The van der Waals surface area contributed by atoms with Crippen LogP contribution in [0.4, 0.5) is 0 Å². The van der Waals surface area contributed by atoms with Crippen molar-refractivity contribution < 1.29 is 9.47 Å². The van der Waals surface area contributed by atoms with Gasteiger partial charge in [0.1, 0.15) is 5.75 Å². The molecule has 18 heavy (non-hydrogen) atoms. The summed E-state index contributed by atoms with van der Waals surface area (Å²) in [7, 11) is 1.70. The van der Waals surface area contributed by atoms with E-state index in [-0.39, 0.29) is 5.41 Å². The number of methoxy groups -OCH3 is 1. The first-order valence-corrected chi connectivity index (χ1v) is 6.55. The van der Waals surface area contributed by atoms with Crippen LogP contribution in [0.15, 0.2) is 6.07 Å². The highest BCUT2D eigenvalue weighted by Gasteiger charge is 2.43. The Morgan fingerprint density at radius 3 is 2.56 bits per heavy atom. The zero-order valence-electron chi connectivity index (χ0n) is 11.2. The Labute approximate surface area is 113 Å². The Morgan fingerprint density at radius 1 is 1.44 bits per heavy atom. The molecule has 1 aliphatic heterocycles. The number of hydrogen-bond acceptors (Lipinski definition) is 3. The second-order valence-electron chi connectivity index (χ2n) is 5.02. The van der Waals surface area contributed by atoms with Gasteiger partial charge in [-0.25, -0.2) is 0 Å². The first kappa shape index (κ1) is 13.7. The summed E-state index contributed by atoms with van der Waals surface area (Å²) in [5.74, 6) is 0.895. The van der Waals surface area contributed by atoms with Crippen LogP contribution < -0.4 is 10.5 Å². The highest BCUT2D eigenvalue weighted by atomic mass is 35.5. The molecule has 1 saturated heterocycles. The summed E-state index contributed by atoms with van der Waals surface area (Å²) in [5, 5.41) is 0.814. The fraction of sp³-hybridized carbons (Fsp3) is 0.571. The van der Waals surface area contributed by atoms with Crippen molar-refractivity contribution in [1.29, 1.82) is 0 Å². The van der Waals surface area contributed by atoms with E-state index in [1.807, 2.05) is 19.9 Å². The summed E-state index contributed by atoms with van der Waals surface area (Å²) in [6, 6.07) is 2.00. The maximum absolute atomic E-state index is 6.37. The number of rotatable bonds is 4. The topological polar surface area (TPSA) is 44.5 Å². The molecular weight excluding hydrogens is 250 g/mol. The Balaban J connectivity index is 2.58. The molecule has 0 unspecified atom stereocenters. The maximum atomic E-state index is 6.37. The first-order valence-electron chi connectivity index (χ1n) is 6.17. The molecule has 1 heterocycles. The van der Waals surface area contributed by atoms with E-state index in [9.17, 15) is 0 Å². The van der Waals surface area contributed by atoms with Gasteiger partial charge in [-0.2, -0.15) is 0 Å². The molecule has 0 atom stereocenters. The van der Waals surface area contributed by atoms with Crippen molar-refractivity contribution in [2.45, 2.75) is 25.7 Å². The van der Waals surface area contributed by atoms with Crippen molar-refractivity contribution >= 4 is 11.6 Å². The summed E-state index contributed by atoms with van der Waals surface area (Å²) < 4.78 is 11.0. The van der Waals surface area contributed by atoms with Crippen LogP contribution in [-0.2, 0) is 10.2 Å². The molecule has 3 nitrogen and oxygen atoms in total. The molecule has 0 spiro atoms. The molecule has 1 aromatic carbocycles. The van der Waals surface area contributed by atoms with Crippen LogP contribution in [0, 0.1) is 13.8 Å². The fourth-order valence-electron chi connectivity index (χ4n) is 2.78. The Kier molecular flexibility index (Phi) is 3.85. The third-order valence-electron chi connectivity index (χ3n) is 3.77. The van der Waals surface area contributed by atoms with Crippen LogP contribution in [0.25, 0.3) is 0 Å². The largest absolute Gasteiger partial charge is 0.496 e. The van der Waals surface area contributed by atoms with Crippen molar-refractivity contribution in [2.24, 2.45) is 5.73 Å². The van der Waals surface area contributed by atoms with Gasteiger partial charge >= 0.3 is 0 Å². The van der Waals surface area contributed by atoms with Crippen molar-refractivity contribution in [3.05, 3.63) is 27.8 Å². The monoisotopic (exact) mass is 269 g/mol. The van der Waals surface area contributed by atoms with Crippen molar-refractivity contribution in [3.8, 4) is 5.75 Å². The molecule has 2 N–H and O–H groups in total. The molecule has 1 fully saturated rings. The Morgan fingerprint density at radius 2 is 2.11 bits per heavy atom. The van der Waals surface area contributed by atoms with Gasteiger partial charge in [0.2, 0.25) is 0 Å². The second-order valence-corrected chi connectivity index (χ2v) is 5.40. The van der Waals surface area contributed by atoms with Crippen molar-refractivity contribution in [3.63, 3.8) is 0 Å². The number of aryl methyl sites for hydroxylation is 1. The maximum Gasteiger partial charge on any atom is 0.123 e. The first-order chi connectivity index (χ1) is 8.55. The smallest absolute Gasteiger partial charge is 0.123 e. The average molecular weight is 270 g/mol. The normalized spacial score (nSPS) is 17.4. The number of ether oxygens (including phenoxy) is 2. The highest BCUT2D eigenvalue weighted by Crippen LogP contribution is 2.45. The molecule has 0 aliphatic carbocycles. The molecule has 0 aromatic heterocycles. The summed E-state index contributed by atoms with van der Waals surface area (Å²) in [5.41, 5.74) is 9.01. The molecule has 0 bridgehead atoms. The van der Waals surface area contributed by atoms with Crippen LogP contribution in [0.5, 0.6) is 5.75 Å².